The number of rotatable bonds is 5. The van der Waals surface area contributed by atoms with Crippen molar-refractivity contribution in [3.8, 4) is 0 Å². The number of H-pyrrole nitrogens is 1. The normalized spacial score (nSPS) is 18.4. The molecule has 0 spiro atoms. The zero-order valence-electron chi connectivity index (χ0n) is 16.3. The fourth-order valence-corrected chi connectivity index (χ4v) is 3.90. The molecule has 31 heavy (non-hydrogen) atoms. The SMILES string of the molecule is CNC(=O)c1[nH]cnc1C(=O)NC1CCC(C(=O)Nc2c(Br)cc(F)c(F)c2F)CC1. The Morgan fingerprint density at radius 1 is 1.10 bits per heavy atom. The van der Waals surface area contributed by atoms with Crippen LogP contribution in [0.3, 0.4) is 0 Å². The van der Waals surface area contributed by atoms with Crippen LogP contribution < -0.4 is 16.0 Å². The summed E-state index contributed by atoms with van der Waals surface area (Å²) in [5.74, 6) is -6.51. The number of amides is 3. The van der Waals surface area contributed by atoms with Crippen molar-refractivity contribution in [1.82, 2.24) is 20.6 Å². The van der Waals surface area contributed by atoms with Gasteiger partial charge in [-0.25, -0.2) is 18.2 Å². The maximum atomic E-state index is 14.0. The van der Waals surface area contributed by atoms with E-state index in [4.69, 9.17) is 0 Å². The van der Waals surface area contributed by atoms with Crippen LogP contribution >= 0.6 is 15.9 Å². The minimum Gasteiger partial charge on any atom is -0.354 e. The van der Waals surface area contributed by atoms with Gasteiger partial charge in [0, 0.05) is 23.5 Å². The Hall–Kier alpha value is -2.89. The second-order valence-electron chi connectivity index (χ2n) is 7.06. The summed E-state index contributed by atoms with van der Waals surface area (Å²) in [6.45, 7) is 0. The summed E-state index contributed by atoms with van der Waals surface area (Å²) < 4.78 is 40.5. The highest BCUT2D eigenvalue weighted by atomic mass is 79.9. The van der Waals surface area contributed by atoms with E-state index in [0.717, 1.165) is 6.07 Å². The number of aromatic nitrogens is 2. The summed E-state index contributed by atoms with van der Waals surface area (Å²) >= 11 is 2.92. The first-order valence-electron chi connectivity index (χ1n) is 9.43. The largest absolute Gasteiger partial charge is 0.354 e. The first-order chi connectivity index (χ1) is 14.7. The molecular weight excluding hydrogens is 483 g/mol. The summed E-state index contributed by atoms with van der Waals surface area (Å²) in [6, 6.07) is 0.500. The number of hydrogen-bond donors (Lipinski definition) is 4. The minimum atomic E-state index is -1.67. The number of hydrogen-bond acceptors (Lipinski definition) is 4. The number of nitrogens with zero attached hydrogens (tertiary/aromatic N) is 1. The van der Waals surface area contributed by atoms with E-state index in [1.54, 1.807) is 0 Å². The number of halogens is 4. The lowest BCUT2D eigenvalue weighted by atomic mass is 9.85. The van der Waals surface area contributed by atoms with Crippen LogP contribution in [0.4, 0.5) is 18.9 Å². The number of anilines is 1. The zero-order chi connectivity index (χ0) is 22.7. The molecule has 8 nitrogen and oxygen atoms in total. The van der Waals surface area contributed by atoms with Gasteiger partial charge in [0.2, 0.25) is 5.91 Å². The Kier molecular flexibility index (Phi) is 6.98. The van der Waals surface area contributed by atoms with Gasteiger partial charge < -0.3 is 20.9 Å². The van der Waals surface area contributed by atoms with E-state index >= 15 is 0 Å². The van der Waals surface area contributed by atoms with Crippen LogP contribution in [0.1, 0.15) is 46.7 Å². The highest BCUT2D eigenvalue weighted by molar-refractivity contribution is 9.10. The molecule has 0 atom stereocenters. The molecule has 2 aromatic rings. The highest BCUT2D eigenvalue weighted by Crippen LogP contribution is 2.32. The van der Waals surface area contributed by atoms with Gasteiger partial charge in [0.1, 0.15) is 5.69 Å². The van der Waals surface area contributed by atoms with Crippen molar-refractivity contribution in [3.05, 3.63) is 45.7 Å². The van der Waals surface area contributed by atoms with Gasteiger partial charge in [-0.2, -0.15) is 0 Å². The van der Waals surface area contributed by atoms with Crippen molar-refractivity contribution in [2.75, 3.05) is 12.4 Å². The fourth-order valence-electron chi connectivity index (χ4n) is 3.42. The molecule has 0 unspecified atom stereocenters. The van der Waals surface area contributed by atoms with E-state index < -0.39 is 46.8 Å². The predicted molar refractivity (Wildman–Crippen MR) is 108 cm³/mol. The first-order valence-corrected chi connectivity index (χ1v) is 10.2. The standard InChI is InChI=1S/C19H19BrF3N5O3/c1-24-18(30)15-16(26-7-25-15)19(31)27-9-4-2-8(3-5-9)17(29)28-14-10(20)6-11(21)12(22)13(14)23/h6-9H,2-5H2,1H3,(H,24,30)(H,25,26)(H,27,31)(H,28,29). The van der Waals surface area contributed by atoms with Crippen LogP contribution in [0, 0.1) is 23.4 Å². The first kappa shape index (κ1) is 22.8. The molecule has 1 aliphatic carbocycles. The van der Waals surface area contributed by atoms with Crippen molar-refractivity contribution in [2.24, 2.45) is 5.92 Å². The minimum absolute atomic E-state index is 0.0297. The van der Waals surface area contributed by atoms with Crippen LogP contribution in [-0.4, -0.2) is 40.8 Å². The summed E-state index contributed by atoms with van der Waals surface area (Å²) in [4.78, 5) is 43.2. The Balaban J connectivity index is 1.57. The monoisotopic (exact) mass is 501 g/mol. The Bertz CT molecular complexity index is 1020. The van der Waals surface area contributed by atoms with Gasteiger partial charge in [-0.1, -0.05) is 0 Å². The molecule has 4 N–H and O–H groups in total. The van der Waals surface area contributed by atoms with E-state index in [9.17, 15) is 27.6 Å². The second-order valence-corrected chi connectivity index (χ2v) is 7.91. The lowest BCUT2D eigenvalue weighted by molar-refractivity contribution is -0.120. The molecular formula is C19H19BrF3N5O3. The number of carbonyl (C=O) groups excluding carboxylic acids is 3. The molecule has 3 rings (SSSR count). The van der Waals surface area contributed by atoms with Crippen molar-refractivity contribution in [3.63, 3.8) is 0 Å². The smallest absolute Gasteiger partial charge is 0.272 e. The van der Waals surface area contributed by atoms with Crippen LogP contribution in [0.2, 0.25) is 0 Å². The average Bonchev–Trinajstić information content (AvgIpc) is 3.25. The lowest BCUT2D eigenvalue weighted by Crippen LogP contribution is -2.40. The van der Waals surface area contributed by atoms with Crippen molar-refractivity contribution >= 4 is 39.3 Å². The van der Waals surface area contributed by atoms with Crippen molar-refractivity contribution in [2.45, 2.75) is 31.7 Å². The second kappa shape index (κ2) is 9.50. The van der Waals surface area contributed by atoms with Crippen LogP contribution in [0.5, 0.6) is 0 Å². The van der Waals surface area contributed by atoms with Crippen molar-refractivity contribution in [1.29, 1.82) is 0 Å². The Morgan fingerprint density at radius 3 is 2.42 bits per heavy atom. The number of nitrogens with one attached hydrogen (secondary N) is 4. The predicted octanol–water partition coefficient (Wildman–Crippen LogP) is 2.88. The molecule has 1 aliphatic rings. The van der Waals surface area contributed by atoms with E-state index in [1.165, 1.54) is 13.4 Å². The lowest BCUT2D eigenvalue weighted by Gasteiger charge is -2.28. The van der Waals surface area contributed by atoms with Crippen LogP contribution in [0.25, 0.3) is 0 Å². The topological polar surface area (TPSA) is 116 Å². The summed E-state index contributed by atoms with van der Waals surface area (Å²) in [7, 11) is 1.43. The number of imidazole rings is 1. The molecule has 3 amide bonds. The molecule has 0 saturated heterocycles. The quantitative estimate of drug-likeness (QED) is 0.372. The third-order valence-electron chi connectivity index (χ3n) is 5.10. The molecule has 1 heterocycles. The van der Waals surface area contributed by atoms with Gasteiger partial charge in [-0.3, -0.25) is 14.4 Å². The molecule has 1 aromatic carbocycles. The van der Waals surface area contributed by atoms with Crippen LogP contribution in [0.15, 0.2) is 16.9 Å². The van der Waals surface area contributed by atoms with Gasteiger partial charge in [-0.15, -0.1) is 0 Å². The average molecular weight is 502 g/mol. The molecule has 1 aromatic heterocycles. The van der Waals surface area contributed by atoms with Crippen molar-refractivity contribution < 1.29 is 27.6 Å². The molecule has 1 fully saturated rings. The van der Waals surface area contributed by atoms with Gasteiger partial charge >= 0.3 is 0 Å². The van der Waals surface area contributed by atoms with Gasteiger partial charge in [0.05, 0.1) is 12.0 Å². The van der Waals surface area contributed by atoms with E-state index in [2.05, 4.69) is 41.8 Å². The molecule has 0 aliphatic heterocycles. The molecule has 0 bridgehead atoms. The van der Waals surface area contributed by atoms with E-state index in [1.807, 2.05) is 0 Å². The van der Waals surface area contributed by atoms with Gasteiger partial charge in [0.15, 0.2) is 23.1 Å². The summed E-state index contributed by atoms with van der Waals surface area (Å²) in [6.07, 6.45) is 2.96. The highest BCUT2D eigenvalue weighted by Gasteiger charge is 2.30. The maximum absolute atomic E-state index is 14.0. The van der Waals surface area contributed by atoms with E-state index in [0.29, 0.717) is 25.7 Å². The van der Waals surface area contributed by atoms with Crippen LogP contribution in [-0.2, 0) is 4.79 Å². The molecule has 0 radical (unpaired) electrons. The Morgan fingerprint density at radius 2 is 1.77 bits per heavy atom. The zero-order valence-corrected chi connectivity index (χ0v) is 17.9. The summed E-state index contributed by atoms with van der Waals surface area (Å²) in [5, 5.41) is 7.51. The van der Waals surface area contributed by atoms with E-state index in [-0.39, 0.29) is 21.9 Å². The third kappa shape index (κ3) is 4.89. The number of aromatic amines is 1. The number of benzene rings is 1. The van der Waals surface area contributed by atoms with Gasteiger partial charge in [-0.05, 0) is 47.7 Å². The summed E-state index contributed by atoms with van der Waals surface area (Å²) in [5.41, 5.74) is -0.440. The molecule has 12 heteroatoms. The molecule has 1 saturated carbocycles. The fraction of sp³-hybridized carbons (Fsp3) is 0.368. The number of carbonyl (C=O) groups is 3. The van der Waals surface area contributed by atoms with Gasteiger partial charge in [0.25, 0.3) is 11.8 Å². The third-order valence-corrected chi connectivity index (χ3v) is 5.73. The molecule has 166 valence electrons. The Labute approximate surface area is 183 Å². The maximum Gasteiger partial charge on any atom is 0.272 e.